The van der Waals surface area contributed by atoms with Gasteiger partial charge in [-0.2, -0.15) is 0 Å². The third kappa shape index (κ3) is 4.29. The van der Waals surface area contributed by atoms with Crippen LogP contribution in [0.25, 0.3) is 0 Å². The molecular weight excluding hydrogens is 290 g/mol. The highest BCUT2D eigenvalue weighted by Gasteiger charge is 2.23. The fourth-order valence-electron chi connectivity index (χ4n) is 2.02. The molecule has 112 valence electrons. The molecule has 0 spiro atoms. The van der Waals surface area contributed by atoms with Gasteiger partial charge in [-0.25, -0.2) is 13.1 Å². The molecule has 7 heteroatoms. The van der Waals surface area contributed by atoms with E-state index in [1.807, 2.05) is 0 Å². The molecule has 1 atom stereocenters. The number of nitrogens with two attached hydrogens (primary N) is 1. The van der Waals surface area contributed by atoms with Crippen LogP contribution < -0.4 is 15.8 Å². The summed E-state index contributed by atoms with van der Waals surface area (Å²) in [4.78, 5) is 11.2. The highest BCUT2D eigenvalue weighted by atomic mass is 32.2. The standard InChI is InChI=1S/C14H17N3O3S/c15-8-2-4-11-3-1-5-13(9-11)21(19,20)16-10-12-6-7-14(18)17-12/h1,3,5,9,12,16H,6-8,10,15H2,(H,17,18). The summed E-state index contributed by atoms with van der Waals surface area (Å²) in [6.45, 7) is 0.406. The van der Waals surface area contributed by atoms with E-state index in [0.29, 0.717) is 18.4 Å². The molecule has 1 fully saturated rings. The highest BCUT2D eigenvalue weighted by molar-refractivity contribution is 7.89. The fraction of sp³-hybridized carbons (Fsp3) is 0.357. The molecule has 0 aromatic heterocycles. The van der Waals surface area contributed by atoms with Crippen LogP contribution in [0.2, 0.25) is 0 Å². The number of nitrogens with one attached hydrogen (secondary N) is 2. The van der Waals surface area contributed by atoms with Crippen LogP contribution in [0, 0.1) is 11.8 Å². The van der Waals surface area contributed by atoms with Crippen LogP contribution in [-0.2, 0) is 14.8 Å². The number of sulfonamides is 1. The van der Waals surface area contributed by atoms with Crippen LogP contribution >= 0.6 is 0 Å². The average Bonchev–Trinajstić information content (AvgIpc) is 2.89. The Morgan fingerprint density at radius 2 is 2.24 bits per heavy atom. The maximum Gasteiger partial charge on any atom is 0.240 e. The number of carbonyl (C=O) groups excluding carboxylic acids is 1. The predicted molar refractivity (Wildman–Crippen MR) is 78.7 cm³/mol. The van der Waals surface area contributed by atoms with Gasteiger partial charge < -0.3 is 11.1 Å². The summed E-state index contributed by atoms with van der Waals surface area (Å²) in [6.07, 6.45) is 1.08. The molecule has 1 aliphatic rings. The van der Waals surface area contributed by atoms with Gasteiger partial charge in [-0.05, 0) is 24.6 Å². The Balaban J connectivity index is 2.06. The third-order valence-electron chi connectivity index (χ3n) is 3.08. The van der Waals surface area contributed by atoms with Crippen molar-refractivity contribution in [2.24, 2.45) is 5.73 Å². The van der Waals surface area contributed by atoms with Crippen molar-refractivity contribution in [1.82, 2.24) is 10.0 Å². The van der Waals surface area contributed by atoms with Crippen molar-refractivity contribution in [2.45, 2.75) is 23.8 Å². The van der Waals surface area contributed by atoms with E-state index in [0.717, 1.165) is 0 Å². The molecule has 1 amide bonds. The summed E-state index contributed by atoms with van der Waals surface area (Å²) in [5.41, 5.74) is 5.89. The number of amides is 1. The van der Waals surface area contributed by atoms with Crippen molar-refractivity contribution in [3.8, 4) is 11.8 Å². The normalized spacial score (nSPS) is 18.0. The van der Waals surface area contributed by atoms with Crippen LogP contribution in [0.4, 0.5) is 0 Å². The molecule has 0 aliphatic carbocycles. The van der Waals surface area contributed by atoms with E-state index in [1.54, 1.807) is 12.1 Å². The molecule has 1 aromatic rings. The summed E-state index contributed by atoms with van der Waals surface area (Å²) in [6, 6.07) is 6.21. The third-order valence-corrected chi connectivity index (χ3v) is 4.51. The lowest BCUT2D eigenvalue weighted by Gasteiger charge is -2.12. The lowest BCUT2D eigenvalue weighted by molar-refractivity contribution is -0.119. The Morgan fingerprint density at radius 3 is 2.90 bits per heavy atom. The van der Waals surface area contributed by atoms with Crippen molar-refractivity contribution >= 4 is 15.9 Å². The molecule has 1 aliphatic heterocycles. The second-order valence-corrected chi connectivity index (χ2v) is 6.46. The van der Waals surface area contributed by atoms with E-state index in [2.05, 4.69) is 21.9 Å². The number of carbonyl (C=O) groups is 1. The van der Waals surface area contributed by atoms with Gasteiger partial charge in [0.05, 0.1) is 11.4 Å². The Morgan fingerprint density at radius 1 is 1.43 bits per heavy atom. The van der Waals surface area contributed by atoms with Gasteiger partial charge in [0.25, 0.3) is 0 Å². The van der Waals surface area contributed by atoms with Gasteiger partial charge in [0, 0.05) is 24.6 Å². The Kier molecular flexibility index (Phi) is 4.96. The van der Waals surface area contributed by atoms with Gasteiger partial charge >= 0.3 is 0 Å². The summed E-state index contributed by atoms with van der Waals surface area (Å²) < 4.78 is 26.9. The van der Waals surface area contributed by atoms with Gasteiger partial charge in [0.15, 0.2) is 0 Å². The number of rotatable bonds is 4. The topological polar surface area (TPSA) is 101 Å². The van der Waals surface area contributed by atoms with Crippen LogP contribution in [0.1, 0.15) is 18.4 Å². The van der Waals surface area contributed by atoms with Crippen LogP contribution in [0.15, 0.2) is 29.2 Å². The monoisotopic (exact) mass is 307 g/mol. The average molecular weight is 307 g/mol. The minimum atomic E-state index is -3.61. The molecule has 1 heterocycles. The van der Waals surface area contributed by atoms with E-state index in [1.165, 1.54) is 12.1 Å². The zero-order valence-corrected chi connectivity index (χ0v) is 12.2. The van der Waals surface area contributed by atoms with Gasteiger partial charge in [-0.1, -0.05) is 17.9 Å². The van der Waals surface area contributed by atoms with Crippen LogP contribution in [-0.4, -0.2) is 33.5 Å². The molecule has 0 saturated carbocycles. The first-order valence-corrected chi connectivity index (χ1v) is 8.07. The maximum atomic E-state index is 12.2. The van der Waals surface area contributed by atoms with Gasteiger partial charge in [0.2, 0.25) is 15.9 Å². The second kappa shape index (κ2) is 6.72. The zero-order valence-electron chi connectivity index (χ0n) is 11.4. The van der Waals surface area contributed by atoms with Gasteiger partial charge in [-0.15, -0.1) is 0 Å². The van der Waals surface area contributed by atoms with Gasteiger partial charge in [0.1, 0.15) is 0 Å². The number of hydrogen-bond donors (Lipinski definition) is 3. The van der Waals surface area contributed by atoms with Gasteiger partial charge in [-0.3, -0.25) is 4.79 Å². The first-order valence-electron chi connectivity index (χ1n) is 6.59. The van der Waals surface area contributed by atoms with Crippen molar-refractivity contribution in [1.29, 1.82) is 0 Å². The van der Waals surface area contributed by atoms with E-state index < -0.39 is 10.0 Å². The van der Waals surface area contributed by atoms with Crippen molar-refractivity contribution < 1.29 is 13.2 Å². The van der Waals surface area contributed by atoms with E-state index in [4.69, 9.17) is 5.73 Å². The Hall–Kier alpha value is -1.88. The molecule has 1 aromatic carbocycles. The molecule has 4 N–H and O–H groups in total. The Bertz CT molecular complexity index is 689. The van der Waals surface area contributed by atoms with E-state index >= 15 is 0 Å². The van der Waals surface area contributed by atoms with Crippen molar-refractivity contribution in [2.75, 3.05) is 13.1 Å². The first kappa shape index (κ1) is 15.5. The molecule has 0 bridgehead atoms. The summed E-state index contributed by atoms with van der Waals surface area (Å²) in [7, 11) is -3.61. The fourth-order valence-corrected chi connectivity index (χ4v) is 3.15. The lowest BCUT2D eigenvalue weighted by atomic mass is 10.2. The predicted octanol–water partition coefficient (Wildman–Crippen LogP) is -0.446. The maximum absolute atomic E-state index is 12.2. The first-order chi connectivity index (χ1) is 10.0. The minimum Gasteiger partial charge on any atom is -0.352 e. The number of benzene rings is 1. The van der Waals surface area contributed by atoms with E-state index in [9.17, 15) is 13.2 Å². The van der Waals surface area contributed by atoms with E-state index in [-0.39, 0.29) is 29.9 Å². The zero-order chi connectivity index (χ0) is 15.3. The van der Waals surface area contributed by atoms with Crippen LogP contribution in [0.3, 0.4) is 0 Å². The quantitative estimate of drug-likeness (QED) is 0.656. The second-order valence-electron chi connectivity index (χ2n) is 4.69. The summed E-state index contributed by atoms with van der Waals surface area (Å²) in [5.74, 6) is 5.43. The summed E-state index contributed by atoms with van der Waals surface area (Å²) >= 11 is 0. The molecule has 6 nitrogen and oxygen atoms in total. The Labute approximate surface area is 124 Å². The lowest BCUT2D eigenvalue weighted by Crippen LogP contribution is -2.38. The molecule has 1 saturated heterocycles. The highest BCUT2D eigenvalue weighted by Crippen LogP contribution is 2.12. The minimum absolute atomic E-state index is 0.0433. The molecule has 2 rings (SSSR count). The van der Waals surface area contributed by atoms with Crippen molar-refractivity contribution in [3.05, 3.63) is 29.8 Å². The molecule has 0 radical (unpaired) electrons. The molecule has 21 heavy (non-hydrogen) atoms. The summed E-state index contributed by atoms with van der Waals surface area (Å²) in [5, 5.41) is 2.72. The SMILES string of the molecule is NCC#Cc1cccc(S(=O)(=O)NCC2CCC(=O)N2)c1. The molecule has 1 unspecified atom stereocenters. The largest absolute Gasteiger partial charge is 0.352 e. The number of hydrogen-bond acceptors (Lipinski definition) is 4. The van der Waals surface area contributed by atoms with Crippen molar-refractivity contribution in [3.63, 3.8) is 0 Å². The van der Waals surface area contributed by atoms with Crippen LogP contribution in [0.5, 0.6) is 0 Å². The molecular formula is C14H17N3O3S. The smallest absolute Gasteiger partial charge is 0.240 e.